The van der Waals surface area contributed by atoms with Crippen LogP contribution in [0.1, 0.15) is 18.9 Å². The standard InChI is InChI=1S/C15H23N5/c1-13(4-6-20-9-7-19(2)8-10-20)18-15-11-14(12-16)3-5-17-15/h3,5,11,13H,4,6-10H2,1-2H3,(H,17,18). The molecule has 0 spiro atoms. The first kappa shape index (κ1) is 14.8. The number of anilines is 1. The minimum absolute atomic E-state index is 0.357. The fourth-order valence-corrected chi connectivity index (χ4v) is 2.35. The minimum Gasteiger partial charge on any atom is -0.368 e. The number of rotatable bonds is 5. The predicted octanol–water partition coefficient (Wildman–Crippen LogP) is 1.39. The van der Waals surface area contributed by atoms with E-state index in [4.69, 9.17) is 5.26 Å². The topological polar surface area (TPSA) is 55.2 Å². The van der Waals surface area contributed by atoms with Gasteiger partial charge in [0.2, 0.25) is 0 Å². The number of aromatic nitrogens is 1. The van der Waals surface area contributed by atoms with Gasteiger partial charge in [-0.2, -0.15) is 5.26 Å². The Kier molecular flexibility index (Phi) is 5.33. The Morgan fingerprint density at radius 1 is 1.40 bits per heavy atom. The lowest BCUT2D eigenvalue weighted by atomic mass is 10.2. The number of piperazine rings is 1. The molecule has 1 aromatic heterocycles. The predicted molar refractivity (Wildman–Crippen MR) is 80.6 cm³/mol. The van der Waals surface area contributed by atoms with E-state index in [1.165, 1.54) is 0 Å². The van der Waals surface area contributed by atoms with Gasteiger partial charge in [0.25, 0.3) is 0 Å². The van der Waals surface area contributed by atoms with Gasteiger partial charge in [-0.05, 0) is 32.5 Å². The van der Waals surface area contributed by atoms with Crippen molar-refractivity contribution < 1.29 is 0 Å². The molecule has 1 aromatic rings. The highest BCUT2D eigenvalue weighted by Crippen LogP contribution is 2.09. The molecule has 0 saturated carbocycles. The van der Waals surface area contributed by atoms with E-state index in [1.54, 1.807) is 18.3 Å². The number of pyridine rings is 1. The van der Waals surface area contributed by atoms with Gasteiger partial charge in [-0.15, -0.1) is 0 Å². The van der Waals surface area contributed by atoms with Gasteiger partial charge in [-0.25, -0.2) is 4.98 Å². The summed E-state index contributed by atoms with van der Waals surface area (Å²) in [5.41, 5.74) is 0.647. The van der Waals surface area contributed by atoms with Crippen LogP contribution in [-0.2, 0) is 0 Å². The summed E-state index contributed by atoms with van der Waals surface area (Å²) in [6.45, 7) is 7.91. The van der Waals surface area contributed by atoms with Crippen molar-refractivity contribution in [2.75, 3.05) is 45.1 Å². The largest absolute Gasteiger partial charge is 0.368 e. The Hall–Kier alpha value is -1.64. The maximum absolute atomic E-state index is 8.87. The van der Waals surface area contributed by atoms with E-state index in [-0.39, 0.29) is 0 Å². The second kappa shape index (κ2) is 7.22. The van der Waals surface area contributed by atoms with Crippen LogP contribution in [0.3, 0.4) is 0 Å². The van der Waals surface area contributed by atoms with Gasteiger partial charge in [0.05, 0.1) is 11.6 Å². The number of nitrogens with one attached hydrogen (secondary N) is 1. The fourth-order valence-electron chi connectivity index (χ4n) is 2.35. The average molecular weight is 273 g/mol. The van der Waals surface area contributed by atoms with Crippen LogP contribution >= 0.6 is 0 Å². The molecule has 0 aromatic carbocycles. The third-order valence-electron chi connectivity index (χ3n) is 3.76. The van der Waals surface area contributed by atoms with Crippen molar-refractivity contribution in [1.82, 2.24) is 14.8 Å². The quantitative estimate of drug-likeness (QED) is 0.878. The first-order valence-electron chi connectivity index (χ1n) is 7.21. The number of hydrogen-bond donors (Lipinski definition) is 1. The van der Waals surface area contributed by atoms with Gasteiger partial charge < -0.3 is 15.1 Å². The maximum Gasteiger partial charge on any atom is 0.127 e. The van der Waals surface area contributed by atoms with Crippen LogP contribution < -0.4 is 5.32 Å². The third kappa shape index (κ3) is 4.48. The molecule has 108 valence electrons. The molecule has 1 aliphatic rings. The van der Waals surface area contributed by atoms with Crippen LogP contribution in [0.5, 0.6) is 0 Å². The molecule has 1 N–H and O–H groups in total. The zero-order valence-corrected chi connectivity index (χ0v) is 12.3. The SMILES string of the molecule is CC(CCN1CCN(C)CC1)Nc1cc(C#N)ccn1. The van der Waals surface area contributed by atoms with E-state index < -0.39 is 0 Å². The molecule has 1 saturated heterocycles. The Morgan fingerprint density at radius 2 is 2.15 bits per heavy atom. The first-order chi connectivity index (χ1) is 9.67. The van der Waals surface area contributed by atoms with Gasteiger partial charge in [-0.3, -0.25) is 0 Å². The molecule has 0 amide bonds. The molecule has 0 radical (unpaired) electrons. The summed E-state index contributed by atoms with van der Waals surface area (Å²) < 4.78 is 0. The second-order valence-corrected chi connectivity index (χ2v) is 5.52. The van der Waals surface area contributed by atoms with Crippen LogP contribution in [0.2, 0.25) is 0 Å². The second-order valence-electron chi connectivity index (χ2n) is 5.52. The van der Waals surface area contributed by atoms with E-state index in [0.717, 1.165) is 45.0 Å². The highest BCUT2D eigenvalue weighted by molar-refractivity contribution is 5.42. The Labute approximate surface area is 121 Å². The zero-order chi connectivity index (χ0) is 14.4. The van der Waals surface area contributed by atoms with E-state index in [0.29, 0.717) is 11.6 Å². The van der Waals surface area contributed by atoms with Crippen LogP contribution in [0.25, 0.3) is 0 Å². The van der Waals surface area contributed by atoms with E-state index in [2.05, 4.69) is 40.1 Å². The Morgan fingerprint density at radius 3 is 2.85 bits per heavy atom. The van der Waals surface area contributed by atoms with Crippen molar-refractivity contribution in [1.29, 1.82) is 5.26 Å². The highest BCUT2D eigenvalue weighted by Gasteiger charge is 2.14. The van der Waals surface area contributed by atoms with Gasteiger partial charge in [-0.1, -0.05) is 0 Å². The smallest absolute Gasteiger partial charge is 0.127 e. The number of hydrogen-bond acceptors (Lipinski definition) is 5. The van der Waals surface area contributed by atoms with Crippen molar-refractivity contribution in [3.05, 3.63) is 23.9 Å². The van der Waals surface area contributed by atoms with Gasteiger partial charge >= 0.3 is 0 Å². The van der Waals surface area contributed by atoms with Crippen LogP contribution in [0.15, 0.2) is 18.3 Å². The van der Waals surface area contributed by atoms with Crippen LogP contribution in [0.4, 0.5) is 5.82 Å². The average Bonchev–Trinajstić information content (AvgIpc) is 2.47. The maximum atomic E-state index is 8.87. The van der Waals surface area contributed by atoms with Crippen molar-refractivity contribution in [3.8, 4) is 6.07 Å². The molecule has 2 rings (SSSR count). The lowest BCUT2D eigenvalue weighted by Crippen LogP contribution is -2.45. The zero-order valence-electron chi connectivity index (χ0n) is 12.3. The van der Waals surface area contributed by atoms with Gasteiger partial charge in [0.15, 0.2) is 0 Å². The summed E-state index contributed by atoms with van der Waals surface area (Å²) in [7, 11) is 2.18. The molecule has 2 heterocycles. The van der Waals surface area contributed by atoms with Gasteiger partial charge in [0.1, 0.15) is 5.82 Å². The molecule has 0 bridgehead atoms. The molecule has 1 atom stereocenters. The molecule has 1 unspecified atom stereocenters. The molecule has 0 aliphatic carbocycles. The number of nitriles is 1. The summed E-state index contributed by atoms with van der Waals surface area (Å²) in [5.74, 6) is 0.787. The van der Waals surface area contributed by atoms with E-state index >= 15 is 0 Å². The molecule has 5 nitrogen and oxygen atoms in total. The third-order valence-corrected chi connectivity index (χ3v) is 3.76. The minimum atomic E-state index is 0.357. The van der Waals surface area contributed by atoms with Crippen molar-refractivity contribution >= 4 is 5.82 Å². The summed E-state index contributed by atoms with van der Waals surface area (Å²) in [5, 5.41) is 12.2. The Bertz CT molecular complexity index is 460. The summed E-state index contributed by atoms with van der Waals surface area (Å²) in [6, 6.07) is 6.01. The normalized spacial score (nSPS) is 18.4. The summed E-state index contributed by atoms with van der Waals surface area (Å²) in [4.78, 5) is 9.13. The number of likely N-dealkylation sites (N-methyl/N-ethyl adjacent to an activating group) is 1. The van der Waals surface area contributed by atoms with Gasteiger partial charge in [0, 0.05) is 45.0 Å². The van der Waals surface area contributed by atoms with Crippen molar-refractivity contribution in [2.24, 2.45) is 0 Å². The molecule has 5 heteroatoms. The monoisotopic (exact) mass is 273 g/mol. The highest BCUT2D eigenvalue weighted by atomic mass is 15.2. The lowest BCUT2D eigenvalue weighted by molar-refractivity contribution is 0.151. The molecular formula is C15H23N5. The van der Waals surface area contributed by atoms with Crippen LogP contribution in [-0.4, -0.2) is 60.6 Å². The van der Waals surface area contributed by atoms with E-state index in [9.17, 15) is 0 Å². The molecule has 20 heavy (non-hydrogen) atoms. The summed E-state index contributed by atoms with van der Waals surface area (Å²) in [6.07, 6.45) is 2.76. The first-order valence-corrected chi connectivity index (χ1v) is 7.21. The van der Waals surface area contributed by atoms with Crippen molar-refractivity contribution in [2.45, 2.75) is 19.4 Å². The molecule has 1 aliphatic heterocycles. The number of nitrogens with zero attached hydrogens (tertiary/aromatic N) is 4. The molecule has 1 fully saturated rings. The Balaban J connectivity index is 1.75. The lowest BCUT2D eigenvalue weighted by Gasteiger charge is -2.33. The van der Waals surface area contributed by atoms with Crippen LogP contribution in [0, 0.1) is 11.3 Å². The van der Waals surface area contributed by atoms with Crippen molar-refractivity contribution in [3.63, 3.8) is 0 Å². The summed E-state index contributed by atoms with van der Waals surface area (Å²) >= 11 is 0. The fraction of sp³-hybridized carbons (Fsp3) is 0.600. The molecular weight excluding hydrogens is 250 g/mol. The van der Waals surface area contributed by atoms with E-state index in [1.807, 2.05) is 0 Å².